The highest BCUT2D eigenvalue weighted by Crippen LogP contribution is 2.44. The first-order valence-corrected chi connectivity index (χ1v) is 12.6. The number of alkyl halides is 3. The minimum atomic E-state index is -4.81. The van der Waals surface area contributed by atoms with Gasteiger partial charge in [-0.2, -0.15) is 13.2 Å². The van der Waals surface area contributed by atoms with Crippen LogP contribution in [0, 0.1) is 5.82 Å². The van der Waals surface area contributed by atoms with Gasteiger partial charge >= 0.3 is 12.1 Å². The van der Waals surface area contributed by atoms with E-state index in [2.05, 4.69) is 20.9 Å². The Hall–Kier alpha value is -2.91. The van der Waals surface area contributed by atoms with Gasteiger partial charge in [-0.3, -0.25) is 4.98 Å². The molecular formula is C27H21BrClF4NO3. The van der Waals surface area contributed by atoms with Crippen LogP contribution in [0.1, 0.15) is 58.9 Å². The topological polar surface area (TPSA) is 48.4 Å². The molecule has 4 rings (SSSR count). The third kappa shape index (κ3) is 6.15. The van der Waals surface area contributed by atoms with E-state index >= 15 is 0 Å². The second-order valence-electron chi connectivity index (χ2n) is 8.31. The van der Waals surface area contributed by atoms with Gasteiger partial charge in [0.1, 0.15) is 18.2 Å². The van der Waals surface area contributed by atoms with Crippen LogP contribution in [0.15, 0.2) is 53.1 Å². The lowest BCUT2D eigenvalue weighted by atomic mass is 9.96. The van der Waals surface area contributed by atoms with Gasteiger partial charge in [-0.05, 0) is 79.3 Å². The molecule has 4 nitrogen and oxygen atoms in total. The molecule has 0 radical (unpaired) electrons. The zero-order chi connectivity index (χ0) is 26.7. The molecule has 0 spiro atoms. The SMILES string of the molecule is CCOC(=O)c1cc(C2=C(c3cc(Br)ccc3OCc3ccc(F)cc3Cl)CCC2)cnc1C(F)(F)F. The Morgan fingerprint density at radius 2 is 1.86 bits per heavy atom. The molecule has 0 unspecified atom stereocenters. The van der Waals surface area contributed by atoms with E-state index in [1.807, 2.05) is 6.07 Å². The zero-order valence-corrected chi connectivity index (χ0v) is 21.9. The standard InChI is InChI=1S/C27H21BrClF4NO3/c1-2-36-26(35)22-10-16(13-34-25(22)27(31,32)33)19-4-3-5-20(19)21-11-17(28)7-9-24(21)37-14-15-6-8-18(30)12-23(15)29/h6-13H,2-5,14H2,1H3. The first-order chi connectivity index (χ1) is 17.6. The van der Waals surface area contributed by atoms with Gasteiger partial charge < -0.3 is 9.47 Å². The van der Waals surface area contributed by atoms with Crippen molar-refractivity contribution in [3.05, 3.63) is 91.9 Å². The second-order valence-corrected chi connectivity index (χ2v) is 9.64. The lowest BCUT2D eigenvalue weighted by Crippen LogP contribution is -2.17. The van der Waals surface area contributed by atoms with Crippen molar-refractivity contribution in [1.29, 1.82) is 0 Å². The molecule has 0 aliphatic heterocycles. The monoisotopic (exact) mass is 597 g/mol. The van der Waals surface area contributed by atoms with Crippen LogP contribution in [0.2, 0.25) is 5.02 Å². The largest absolute Gasteiger partial charge is 0.488 e. The number of nitrogens with zero attached hydrogens (tertiary/aromatic N) is 1. The predicted molar refractivity (Wildman–Crippen MR) is 136 cm³/mol. The minimum Gasteiger partial charge on any atom is -0.488 e. The summed E-state index contributed by atoms with van der Waals surface area (Å²) in [5, 5.41) is 0.238. The molecule has 1 aromatic heterocycles. The molecule has 0 atom stereocenters. The van der Waals surface area contributed by atoms with Crippen LogP contribution in [0.5, 0.6) is 5.75 Å². The highest BCUT2D eigenvalue weighted by Gasteiger charge is 2.38. The van der Waals surface area contributed by atoms with Gasteiger partial charge in [0.05, 0.1) is 17.2 Å². The van der Waals surface area contributed by atoms with Crippen LogP contribution in [0.25, 0.3) is 11.1 Å². The molecule has 0 saturated carbocycles. The molecule has 194 valence electrons. The molecule has 1 aliphatic rings. The van der Waals surface area contributed by atoms with Crippen LogP contribution in [0.3, 0.4) is 0 Å². The second kappa shape index (κ2) is 11.2. The average molecular weight is 599 g/mol. The molecule has 1 heterocycles. The average Bonchev–Trinajstić information content (AvgIpc) is 3.33. The van der Waals surface area contributed by atoms with Crippen LogP contribution in [-0.4, -0.2) is 17.6 Å². The Morgan fingerprint density at radius 1 is 1.11 bits per heavy atom. The minimum absolute atomic E-state index is 0.0644. The first-order valence-electron chi connectivity index (χ1n) is 11.4. The summed E-state index contributed by atoms with van der Waals surface area (Å²) in [6, 6.07) is 10.7. The number of benzene rings is 2. The number of ether oxygens (including phenoxy) is 2. The van der Waals surface area contributed by atoms with Gasteiger partial charge in [0.2, 0.25) is 0 Å². The number of aromatic nitrogens is 1. The summed E-state index contributed by atoms with van der Waals surface area (Å²) in [5.74, 6) is -0.998. The van der Waals surface area contributed by atoms with Gasteiger partial charge in [-0.1, -0.05) is 33.6 Å². The van der Waals surface area contributed by atoms with E-state index in [0.717, 1.165) is 33.8 Å². The van der Waals surface area contributed by atoms with Crippen molar-refractivity contribution in [3.8, 4) is 5.75 Å². The van der Waals surface area contributed by atoms with E-state index in [0.29, 0.717) is 29.7 Å². The molecule has 0 saturated heterocycles. The van der Waals surface area contributed by atoms with E-state index in [1.54, 1.807) is 18.2 Å². The number of allylic oxidation sites excluding steroid dienone is 2. The van der Waals surface area contributed by atoms with Gasteiger partial charge in [0.25, 0.3) is 0 Å². The smallest absolute Gasteiger partial charge is 0.434 e. The van der Waals surface area contributed by atoms with Crippen molar-refractivity contribution < 1.29 is 31.8 Å². The fourth-order valence-corrected chi connectivity index (χ4v) is 4.82. The quantitative estimate of drug-likeness (QED) is 0.202. The number of carbonyl (C=O) groups is 1. The van der Waals surface area contributed by atoms with Gasteiger partial charge in [-0.15, -0.1) is 0 Å². The van der Waals surface area contributed by atoms with Crippen LogP contribution >= 0.6 is 27.5 Å². The Morgan fingerprint density at radius 3 is 2.57 bits per heavy atom. The number of carbonyl (C=O) groups excluding carboxylic acids is 1. The van der Waals surface area contributed by atoms with Crippen molar-refractivity contribution in [2.75, 3.05) is 6.61 Å². The predicted octanol–water partition coefficient (Wildman–Crippen LogP) is 8.51. The molecule has 10 heteroatoms. The summed E-state index contributed by atoms with van der Waals surface area (Å²) in [6.45, 7) is 1.55. The molecule has 37 heavy (non-hydrogen) atoms. The summed E-state index contributed by atoms with van der Waals surface area (Å²) in [7, 11) is 0. The summed E-state index contributed by atoms with van der Waals surface area (Å²) in [4.78, 5) is 16.0. The number of hydrogen-bond donors (Lipinski definition) is 0. The van der Waals surface area contributed by atoms with E-state index in [1.165, 1.54) is 25.1 Å². The molecule has 0 fully saturated rings. The summed E-state index contributed by atoms with van der Waals surface area (Å²) in [6.07, 6.45) is -1.67. The highest BCUT2D eigenvalue weighted by molar-refractivity contribution is 9.10. The normalized spacial score (nSPS) is 13.7. The summed E-state index contributed by atoms with van der Waals surface area (Å²) in [5.41, 5.74) is 1.50. The van der Waals surface area contributed by atoms with Crippen LogP contribution in [0.4, 0.5) is 17.6 Å². The summed E-state index contributed by atoms with van der Waals surface area (Å²) < 4.78 is 65.7. The lowest BCUT2D eigenvalue weighted by Gasteiger charge is -2.17. The van der Waals surface area contributed by atoms with Crippen LogP contribution in [-0.2, 0) is 17.5 Å². The third-order valence-electron chi connectivity index (χ3n) is 5.88. The zero-order valence-electron chi connectivity index (χ0n) is 19.6. The van der Waals surface area contributed by atoms with E-state index in [4.69, 9.17) is 21.1 Å². The maximum Gasteiger partial charge on any atom is 0.434 e. The fourth-order valence-electron chi connectivity index (χ4n) is 4.24. The Kier molecular flexibility index (Phi) is 8.23. The van der Waals surface area contributed by atoms with Gasteiger partial charge in [-0.25, -0.2) is 9.18 Å². The van der Waals surface area contributed by atoms with Crippen molar-refractivity contribution in [1.82, 2.24) is 4.98 Å². The third-order valence-corrected chi connectivity index (χ3v) is 6.73. The number of hydrogen-bond acceptors (Lipinski definition) is 4. The van der Waals surface area contributed by atoms with E-state index < -0.39 is 29.2 Å². The number of halogens is 6. The van der Waals surface area contributed by atoms with Crippen molar-refractivity contribution in [3.63, 3.8) is 0 Å². The number of rotatable bonds is 7. The molecule has 0 bridgehead atoms. The fraction of sp³-hybridized carbons (Fsp3) is 0.259. The highest BCUT2D eigenvalue weighted by atomic mass is 79.9. The summed E-state index contributed by atoms with van der Waals surface area (Å²) >= 11 is 9.61. The number of pyridine rings is 1. The maximum absolute atomic E-state index is 13.5. The Bertz CT molecular complexity index is 1370. The molecule has 1 aliphatic carbocycles. The van der Waals surface area contributed by atoms with Gasteiger partial charge in [0.15, 0.2) is 5.69 Å². The van der Waals surface area contributed by atoms with E-state index in [-0.39, 0.29) is 18.2 Å². The Balaban J connectivity index is 1.75. The van der Waals surface area contributed by atoms with Crippen molar-refractivity contribution in [2.24, 2.45) is 0 Å². The molecule has 3 aromatic rings. The van der Waals surface area contributed by atoms with Gasteiger partial charge in [0, 0.05) is 21.8 Å². The maximum atomic E-state index is 13.5. The molecular weight excluding hydrogens is 578 g/mol. The molecule has 2 aromatic carbocycles. The number of esters is 1. The lowest BCUT2D eigenvalue weighted by molar-refractivity contribution is -0.141. The Labute approximate surface area is 224 Å². The molecule has 0 N–H and O–H groups in total. The van der Waals surface area contributed by atoms with Crippen molar-refractivity contribution >= 4 is 44.6 Å². The van der Waals surface area contributed by atoms with Crippen LogP contribution < -0.4 is 4.74 Å². The molecule has 0 amide bonds. The first kappa shape index (κ1) is 27.1. The van der Waals surface area contributed by atoms with Crippen molar-refractivity contribution in [2.45, 2.75) is 39.0 Å². The van der Waals surface area contributed by atoms with E-state index in [9.17, 15) is 22.4 Å².